The van der Waals surface area contributed by atoms with Crippen LogP contribution in [-0.2, 0) is 16.1 Å². The summed E-state index contributed by atoms with van der Waals surface area (Å²) < 4.78 is 11.4. The molecule has 0 aliphatic carbocycles. The average Bonchev–Trinajstić information content (AvgIpc) is 2.38. The first-order valence-electron chi connectivity index (χ1n) is 6.11. The Bertz CT molecular complexity index is 432. The van der Waals surface area contributed by atoms with Gasteiger partial charge in [-0.05, 0) is 25.3 Å². The Labute approximate surface area is 109 Å². The molecule has 0 radical (unpaired) electrons. The molecule has 1 unspecified atom stereocenters. The quantitative estimate of drug-likeness (QED) is 0.469. The monoisotopic (exact) mass is 267 g/mol. The molecule has 18 heavy (non-hydrogen) atoms. The van der Waals surface area contributed by atoms with Gasteiger partial charge in [0.2, 0.25) is 0 Å². The van der Waals surface area contributed by atoms with Crippen molar-refractivity contribution >= 4 is 15.9 Å². The van der Waals surface area contributed by atoms with Crippen LogP contribution in [0.1, 0.15) is 24.8 Å². The summed E-state index contributed by atoms with van der Waals surface area (Å²) in [5.41, 5.74) is 0.243. The van der Waals surface area contributed by atoms with Gasteiger partial charge in [-0.15, -0.1) is 0 Å². The highest BCUT2D eigenvalue weighted by Gasteiger charge is 2.29. The first-order chi connectivity index (χ1) is 8.61. The fraction of sp³-hybridized carbons (Fsp3) is 0.500. The van der Waals surface area contributed by atoms with Crippen LogP contribution in [0.2, 0.25) is 0 Å². The van der Waals surface area contributed by atoms with Gasteiger partial charge in [0.1, 0.15) is 5.41 Å². The van der Waals surface area contributed by atoms with Crippen molar-refractivity contribution in [3.05, 3.63) is 39.9 Å². The molecule has 0 aromatic heterocycles. The molecule has 0 amide bonds. The van der Waals surface area contributed by atoms with E-state index in [-0.39, 0.29) is 17.2 Å². The summed E-state index contributed by atoms with van der Waals surface area (Å²) >= 11 is 0. The number of benzene rings is 1. The fourth-order valence-electron chi connectivity index (χ4n) is 2.06. The zero-order valence-corrected chi connectivity index (χ0v) is 12.4. The van der Waals surface area contributed by atoms with E-state index in [1.807, 2.05) is 0 Å². The van der Waals surface area contributed by atoms with Crippen molar-refractivity contribution in [1.82, 2.24) is 0 Å². The number of para-hydroxylation sites is 1. The van der Waals surface area contributed by atoms with Gasteiger partial charge in [-0.3, -0.25) is 10.1 Å². The van der Waals surface area contributed by atoms with E-state index >= 15 is 0 Å². The zero-order chi connectivity index (χ0) is 13.0. The highest BCUT2D eigenvalue weighted by atomic mass is 28.1. The molecule has 1 aliphatic rings. The molecule has 1 aromatic carbocycles. The molecule has 1 atom stereocenters. The van der Waals surface area contributed by atoms with Gasteiger partial charge in [-0.1, -0.05) is 12.1 Å². The molecule has 1 heterocycles. The number of nitro benzene ring substituents is 1. The van der Waals surface area contributed by atoms with E-state index in [1.54, 1.807) is 18.2 Å². The summed E-state index contributed by atoms with van der Waals surface area (Å²) in [6.45, 7) is 0.959. The third kappa shape index (κ3) is 3.15. The molecule has 1 saturated heterocycles. The molecule has 2 rings (SSSR count). The van der Waals surface area contributed by atoms with E-state index in [1.165, 1.54) is 6.07 Å². The fourth-order valence-corrected chi connectivity index (χ4v) is 2.77. The van der Waals surface area contributed by atoms with Crippen molar-refractivity contribution in [2.24, 2.45) is 0 Å². The van der Waals surface area contributed by atoms with Gasteiger partial charge in [0, 0.05) is 12.7 Å². The lowest BCUT2D eigenvalue weighted by atomic mass is 10.2. The van der Waals surface area contributed by atoms with Crippen LogP contribution >= 0.6 is 0 Å². The highest BCUT2D eigenvalue weighted by Crippen LogP contribution is 2.26. The van der Waals surface area contributed by atoms with Crippen LogP contribution in [0, 0.1) is 10.1 Å². The lowest BCUT2D eigenvalue weighted by Gasteiger charge is -2.34. The summed E-state index contributed by atoms with van der Waals surface area (Å²) in [4.78, 5) is 10.5. The van der Waals surface area contributed by atoms with Crippen LogP contribution in [0.15, 0.2) is 24.3 Å². The molecule has 0 saturated carbocycles. The van der Waals surface area contributed by atoms with E-state index in [0.29, 0.717) is 5.56 Å². The Balaban J connectivity index is 2.03. The number of nitrogens with zero attached hydrogens (tertiary/aromatic N) is 1. The first-order valence-corrected chi connectivity index (χ1v) is 7.11. The maximum absolute atomic E-state index is 10.9. The number of hydrogen-bond acceptors (Lipinski definition) is 4. The topological polar surface area (TPSA) is 61.6 Å². The highest BCUT2D eigenvalue weighted by molar-refractivity contribution is 6.13. The van der Waals surface area contributed by atoms with E-state index < -0.39 is 5.41 Å². The molecule has 98 valence electrons. The Morgan fingerprint density at radius 3 is 2.89 bits per heavy atom. The predicted molar refractivity (Wildman–Crippen MR) is 70.4 cm³/mol. The van der Waals surface area contributed by atoms with Gasteiger partial charge < -0.3 is 9.47 Å². The van der Waals surface area contributed by atoms with Crippen LogP contribution in [0.25, 0.3) is 0 Å². The second-order valence-electron chi connectivity index (χ2n) is 4.61. The molecule has 5 nitrogen and oxygen atoms in total. The number of rotatable bonds is 4. The second kappa shape index (κ2) is 5.60. The number of ether oxygens (including phenoxy) is 2. The molecular weight excluding hydrogens is 250 g/mol. The third-order valence-corrected chi connectivity index (χ3v) is 4.23. The van der Waals surface area contributed by atoms with Crippen molar-refractivity contribution in [1.29, 1.82) is 0 Å². The molecule has 6 heteroatoms. The summed E-state index contributed by atoms with van der Waals surface area (Å²) in [7, 11) is 0.771. The summed E-state index contributed by atoms with van der Waals surface area (Å²) in [6, 6.07) is 6.68. The van der Waals surface area contributed by atoms with Gasteiger partial charge in [-0.25, -0.2) is 0 Å². The predicted octanol–water partition coefficient (Wildman–Crippen LogP) is 1.33. The van der Waals surface area contributed by atoms with Crippen molar-refractivity contribution in [3.63, 3.8) is 0 Å². The average molecular weight is 267 g/mol. The van der Waals surface area contributed by atoms with Gasteiger partial charge >= 0.3 is 0 Å². The molecule has 1 fully saturated rings. The lowest BCUT2D eigenvalue weighted by molar-refractivity contribution is -0.386. The Morgan fingerprint density at radius 1 is 1.44 bits per heavy atom. The summed E-state index contributed by atoms with van der Waals surface area (Å²) in [5, 5.41) is 10.9. The molecule has 1 aromatic rings. The number of nitro groups is 1. The van der Waals surface area contributed by atoms with Crippen LogP contribution in [0.3, 0.4) is 0 Å². The zero-order valence-electron chi connectivity index (χ0n) is 10.4. The standard InChI is InChI=1S/C12H17NO4Si/c14-13(15)11-6-2-1-5-10(11)9-17-12(18)7-3-4-8-16-12/h1-2,5-6H,3-4,7-9H2,18H3. The second-order valence-corrected chi connectivity index (χ2v) is 6.14. The largest absolute Gasteiger partial charge is 0.355 e. The summed E-state index contributed by atoms with van der Waals surface area (Å²) in [5.74, 6) is 0. The van der Waals surface area contributed by atoms with E-state index in [2.05, 4.69) is 0 Å². The Kier molecular flexibility index (Phi) is 4.10. The van der Waals surface area contributed by atoms with Crippen LogP contribution in [0.5, 0.6) is 0 Å². The van der Waals surface area contributed by atoms with Crippen molar-refractivity contribution in [3.8, 4) is 0 Å². The Hall–Kier alpha value is -1.24. The Morgan fingerprint density at radius 2 is 2.22 bits per heavy atom. The van der Waals surface area contributed by atoms with Crippen LogP contribution in [0.4, 0.5) is 5.69 Å². The van der Waals surface area contributed by atoms with Gasteiger partial charge in [0.15, 0.2) is 0 Å². The van der Waals surface area contributed by atoms with Crippen molar-refractivity contribution < 1.29 is 14.4 Å². The minimum Gasteiger partial charge on any atom is -0.355 e. The molecule has 0 bridgehead atoms. The van der Waals surface area contributed by atoms with Crippen molar-refractivity contribution in [2.75, 3.05) is 6.61 Å². The molecule has 0 N–H and O–H groups in total. The molecular formula is C12H17NO4Si. The van der Waals surface area contributed by atoms with Gasteiger partial charge in [0.05, 0.1) is 27.3 Å². The summed E-state index contributed by atoms with van der Waals surface area (Å²) in [6.07, 6.45) is 3.05. The lowest BCUT2D eigenvalue weighted by Crippen LogP contribution is -2.39. The maximum atomic E-state index is 10.9. The molecule has 1 aliphatic heterocycles. The SMILES string of the molecule is O=[N+]([O-])c1ccccc1COC1([SiH3])CCCCO1. The smallest absolute Gasteiger partial charge is 0.274 e. The number of hydrogen-bond donors (Lipinski definition) is 0. The van der Waals surface area contributed by atoms with Crippen molar-refractivity contribution in [2.45, 2.75) is 31.3 Å². The normalized spacial score (nSPS) is 24.0. The maximum Gasteiger partial charge on any atom is 0.274 e. The molecule has 0 spiro atoms. The minimum absolute atomic E-state index is 0.110. The third-order valence-electron chi connectivity index (χ3n) is 3.15. The van der Waals surface area contributed by atoms with Gasteiger partial charge in [-0.2, -0.15) is 0 Å². The van der Waals surface area contributed by atoms with Crippen LogP contribution < -0.4 is 0 Å². The van der Waals surface area contributed by atoms with E-state index in [0.717, 1.165) is 36.1 Å². The van der Waals surface area contributed by atoms with Crippen LogP contribution in [-0.4, -0.2) is 27.2 Å². The first kappa shape index (κ1) is 13.2. The van der Waals surface area contributed by atoms with E-state index in [9.17, 15) is 10.1 Å². The van der Waals surface area contributed by atoms with Gasteiger partial charge in [0.25, 0.3) is 5.69 Å². The minimum atomic E-state index is -0.470. The van der Waals surface area contributed by atoms with E-state index in [4.69, 9.17) is 9.47 Å².